The second-order valence-electron chi connectivity index (χ2n) is 7.42. The summed E-state index contributed by atoms with van der Waals surface area (Å²) in [5.74, 6) is -2.93. The van der Waals surface area contributed by atoms with E-state index in [1.54, 1.807) is 60.7 Å². The number of alkyl halides is 3. The molecule has 0 spiro atoms. The normalized spacial score (nSPS) is 13.5. The molecular formula is C24H22F4N2O3. The molecule has 0 saturated heterocycles. The maximum Gasteiger partial charge on any atom is 0.427 e. The molecule has 0 radical (unpaired) electrons. The number of carboxylic acids is 1. The highest BCUT2D eigenvalue weighted by Crippen LogP contribution is 2.33. The highest BCUT2D eigenvalue weighted by atomic mass is 19.4. The van der Waals surface area contributed by atoms with E-state index in [-0.39, 0.29) is 18.8 Å². The number of benzene rings is 3. The summed E-state index contributed by atoms with van der Waals surface area (Å²) in [5, 5.41) is 9.91. The first-order chi connectivity index (χ1) is 15.6. The van der Waals surface area contributed by atoms with Crippen LogP contribution in [-0.4, -0.2) is 34.3 Å². The van der Waals surface area contributed by atoms with Gasteiger partial charge >= 0.3 is 12.1 Å². The summed E-state index contributed by atoms with van der Waals surface area (Å²) in [6.45, 7) is -0.164. The summed E-state index contributed by atoms with van der Waals surface area (Å²) in [6.07, 6.45) is -7.83. The molecular weight excluding hydrogens is 440 g/mol. The summed E-state index contributed by atoms with van der Waals surface area (Å²) in [5.41, 5.74) is 6.50. The van der Waals surface area contributed by atoms with E-state index in [1.807, 2.05) is 0 Å². The van der Waals surface area contributed by atoms with Crippen molar-refractivity contribution in [2.24, 2.45) is 0 Å². The lowest BCUT2D eigenvalue weighted by atomic mass is 10.0. The summed E-state index contributed by atoms with van der Waals surface area (Å²) >= 11 is 0. The fourth-order valence-corrected chi connectivity index (χ4v) is 3.44. The predicted octanol–water partition coefficient (Wildman–Crippen LogP) is 4.87. The molecule has 3 aromatic rings. The Morgan fingerprint density at radius 3 is 1.88 bits per heavy atom. The van der Waals surface area contributed by atoms with Crippen molar-refractivity contribution in [3.8, 4) is 5.75 Å². The third kappa shape index (κ3) is 6.45. The van der Waals surface area contributed by atoms with Crippen LogP contribution < -0.4 is 10.5 Å². The number of aliphatic carboxylic acids is 1. The van der Waals surface area contributed by atoms with Gasteiger partial charge in [-0.15, -0.1) is 0 Å². The predicted molar refractivity (Wildman–Crippen MR) is 115 cm³/mol. The molecule has 9 heteroatoms. The molecule has 3 rings (SSSR count). The molecule has 0 amide bonds. The van der Waals surface area contributed by atoms with Gasteiger partial charge in [0.1, 0.15) is 11.6 Å². The molecule has 0 aromatic heterocycles. The largest absolute Gasteiger partial charge is 0.480 e. The number of nitrogens with two attached hydrogens (primary N) is 1. The van der Waals surface area contributed by atoms with Crippen molar-refractivity contribution in [3.05, 3.63) is 95.8 Å². The van der Waals surface area contributed by atoms with Crippen molar-refractivity contribution >= 4 is 11.7 Å². The van der Waals surface area contributed by atoms with Gasteiger partial charge in [0.2, 0.25) is 6.10 Å². The fraction of sp³-hybridized carbons (Fsp3) is 0.208. The summed E-state index contributed by atoms with van der Waals surface area (Å²) in [6, 6.07) is 17.6. The van der Waals surface area contributed by atoms with E-state index in [4.69, 9.17) is 10.5 Å². The first kappa shape index (κ1) is 24.1. The monoisotopic (exact) mass is 462 g/mol. The molecule has 5 nitrogen and oxygen atoms in total. The van der Waals surface area contributed by atoms with Crippen molar-refractivity contribution in [1.82, 2.24) is 4.90 Å². The molecule has 0 saturated carbocycles. The Hall–Kier alpha value is -3.59. The Balaban J connectivity index is 2.03. The van der Waals surface area contributed by atoms with Gasteiger partial charge in [-0.2, -0.15) is 13.2 Å². The molecule has 0 aliphatic heterocycles. The van der Waals surface area contributed by atoms with E-state index < -0.39 is 35.9 Å². The van der Waals surface area contributed by atoms with Gasteiger partial charge in [-0.25, -0.2) is 4.39 Å². The third-order valence-corrected chi connectivity index (χ3v) is 4.94. The van der Waals surface area contributed by atoms with Crippen LogP contribution in [0.1, 0.15) is 11.1 Å². The maximum atomic E-state index is 14.1. The summed E-state index contributed by atoms with van der Waals surface area (Å²) in [7, 11) is 0. The highest BCUT2D eigenvalue weighted by Gasteiger charge is 2.52. The molecule has 0 bridgehead atoms. The highest BCUT2D eigenvalue weighted by molar-refractivity contribution is 5.74. The molecule has 3 aromatic carbocycles. The number of rotatable bonds is 9. The van der Waals surface area contributed by atoms with Crippen LogP contribution in [0.15, 0.2) is 78.9 Å². The first-order valence-corrected chi connectivity index (χ1v) is 9.98. The lowest BCUT2D eigenvalue weighted by Crippen LogP contribution is -2.56. The van der Waals surface area contributed by atoms with Crippen LogP contribution in [0.5, 0.6) is 5.75 Å². The number of carboxylic acid groups (broad SMARTS) is 1. The lowest BCUT2D eigenvalue weighted by Gasteiger charge is -2.35. The number of nitrogens with zero attached hydrogens (tertiary/aromatic N) is 1. The Labute approximate surface area is 188 Å². The molecule has 33 heavy (non-hydrogen) atoms. The van der Waals surface area contributed by atoms with Crippen LogP contribution in [-0.2, 0) is 17.9 Å². The van der Waals surface area contributed by atoms with E-state index >= 15 is 0 Å². The van der Waals surface area contributed by atoms with E-state index in [2.05, 4.69) is 0 Å². The third-order valence-electron chi connectivity index (χ3n) is 4.94. The molecule has 2 atom stereocenters. The second kappa shape index (κ2) is 10.4. The zero-order valence-corrected chi connectivity index (χ0v) is 17.4. The van der Waals surface area contributed by atoms with Crippen LogP contribution in [0.3, 0.4) is 0 Å². The minimum atomic E-state index is -5.06. The number of hydrogen-bond acceptors (Lipinski definition) is 4. The first-order valence-electron chi connectivity index (χ1n) is 9.98. The standard InChI is InChI=1S/C24H22F4N2O3/c25-18-11-12-20(19(29)13-18)33-22(24(26,27)28)21(23(31)32)30(14-16-7-3-1-4-8-16)15-17-9-5-2-6-10-17/h1-13,21-22H,14-15,29H2,(H,31,32)/t21-,22-/m1/s1. The molecule has 0 fully saturated rings. The van der Waals surface area contributed by atoms with Crippen molar-refractivity contribution in [2.45, 2.75) is 31.4 Å². The Morgan fingerprint density at radius 1 is 0.939 bits per heavy atom. The minimum absolute atomic E-state index is 0.0818. The molecule has 0 heterocycles. The van der Waals surface area contributed by atoms with Gasteiger partial charge in [0, 0.05) is 19.2 Å². The molecule has 0 aliphatic rings. The van der Waals surface area contributed by atoms with Gasteiger partial charge in [-0.05, 0) is 23.3 Å². The van der Waals surface area contributed by atoms with Crippen LogP contribution in [0.4, 0.5) is 23.2 Å². The fourth-order valence-electron chi connectivity index (χ4n) is 3.44. The zero-order valence-electron chi connectivity index (χ0n) is 17.4. The number of ether oxygens (including phenoxy) is 1. The molecule has 0 aliphatic carbocycles. The molecule has 174 valence electrons. The van der Waals surface area contributed by atoms with Crippen molar-refractivity contribution in [1.29, 1.82) is 0 Å². The average Bonchev–Trinajstić information content (AvgIpc) is 2.75. The van der Waals surface area contributed by atoms with Crippen LogP contribution >= 0.6 is 0 Å². The number of carbonyl (C=O) groups is 1. The van der Waals surface area contributed by atoms with Gasteiger partial charge in [-0.1, -0.05) is 60.7 Å². The summed E-state index contributed by atoms with van der Waals surface area (Å²) in [4.78, 5) is 13.4. The second-order valence-corrected chi connectivity index (χ2v) is 7.42. The number of halogens is 4. The van der Waals surface area contributed by atoms with Crippen molar-refractivity contribution in [2.75, 3.05) is 5.73 Å². The lowest BCUT2D eigenvalue weighted by molar-refractivity contribution is -0.218. The van der Waals surface area contributed by atoms with E-state index in [0.29, 0.717) is 11.1 Å². The van der Waals surface area contributed by atoms with E-state index in [1.165, 1.54) is 4.90 Å². The van der Waals surface area contributed by atoms with E-state index in [0.717, 1.165) is 18.2 Å². The smallest absolute Gasteiger partial charge is 0.427 e. The van der Waals surface area contributed by atoms with Crippen LogP contribution in [0, 0.1) is 5.82 Å². The van der Waals surface area contributed by atoms with Crippen molar-refractivity contribution < 1.29 is 32.2 Å². The van der Waals surface area contributed by atoms with Gasteiger partial charge < -0.3 is 15.6 Å². The van der Waals surface area contributed by atoms with Gasteiger partial charge in [0.05, 0.1) is 5.69 Å². The Bertz CT molecular complexity index is 1020. The average molecular weight is 462 g/mol. The van der Waals surface area contributed by atoms with Crippen LogP contribution in [0.2, 0.25) is 0 Å². The van der Waals surface area contributed by atoms with Crippen molar-refractivity contribution in [3.63, 3.8) is 0 Å². The minimum Gasteiger partial charge on any atom is -0.480 e. The van der Waals surface area contributed by atoms with Gasteiger partial charge in [-0.3, -0.25) is 9.69 Å². The Kier molecular flexibility index (Phi) is 7.55. The SMILES string of the molecule is Nc1cc(F)ccc1O[C@H]([C@H](C(=O)O)N(Cc1ccccc1)Cc1ccccc1)C(F)(F)F. The maximum absolute atomic E-state index is 14.1. The topological polar surface area (TPSA) is 75.8 Å². The van der Waals surface area contributed by atoms with Crippen LogP contribution in [0.25, 0.3) is 0 Å². The number of nitrogen functional groups attached to an aromatic ring is 1. The van der Waals surface area contributed by atoms with E-state index in [9.17, 15) is 27.5 Å². The Morgan fingerprint density at radius 2 is 1.45 bits per heavy atom. The zero-order chi connectivity index (χ0) is 24.0. The summed E-state index contributed by atoms with van der Waals surface area (Å²) < 4.78 is 60.9. The number of anilines is 1. The van der Waals surface area contributed by atoms with Gasteiger partial charge in [0.15, 0.2) is 6.04 Å². The molecule has 3 N–H and O–H groups in total. The number of hydrogen-bond donors (Lipinski definition) is 2. The molecule has 0 unspecified atom stereocenters. The van der Waals surface area contributed by atoms with Gasteiger partial charge in [0.25, 0.3) is 0 Å². The quantitative estimate of drug-likeness (QED) is 0.351.